The summed E-state index contributed by atoms with van der Waals surface area (Å²) >= 11 is 0. The zero-order valence-electron chi connectivity index (χ0n) is 17.0. The van der Waals surface area contributed by atoms with Gasteiger partial charge < -0.3 is 9.45 Å². The zero-order valence-corrected chi connectivity index (χ0v) is 17.8. The smallest absolute Gasteiger partial charge is 0.185 e. The van der Waals surface area contributed by atoms with Crippen molar-refractivity contribution in [1.82, 2.24) is 24.5 Å². The molecule has 1 N–H and O–H groups in total. The molecule has 8 nitrogen and oxygen atoms in total. The van der Waals surface area contributed by atoms with Gasteiger partial charge in [-0.25, -0.2) is 0 Å². The van der Waals surface area contributed by atoms with Crippen LogP contribution in [-0.4, -0.2) is 43.5 Å². The predicted octanol–water partition coefficient (Wildman–Crippen LogP) is 2.87. The number of nitrogens with zero attached hydrogens (tertiary/aromatic N) is 5. The average molecular weight is 435 g/mol. The highest BCUT2D eigenvalue weighted by atomic mass is 32.3. The first-order valence-electron chi connectivity index (χ1n) is 10.1. The lowest BCUT2D eigenvalue weighted by atomic mass is 10.2. The van der Waals surface area contributed by atoms with E-state index in [1.54, 1.807) is 28.8 Å². The van der Waals surface area contributed by atoms with Crippen LogP contribution in [0.1, 0.15) is 12.0 Å². The Labute approximate surface area is 181 Å². The van der Waals surface area contributed by atoms with E-state index in [0.29, 0.717) is 31.0 Å². The lowest BCUT2D eigenvalue weighted by Gasteiger charge is -2.20. The van der Waals surface area contributed by atoms with Gasteiger partial charge in [-0.15, -0.1) is 20.0 Å². The van der Waals surface area contributed by atoms with Crippen molar-refractivity contribution in [1.29, 1.82) is 0 Å². The maximum atomic E-state index is 12.7. The van der Waals surface area contributed by atoms with Crippen molar-refractivity contribution in [2.75, 3.05) is 18.0 Å². The largest absolute Gasteiger partial charge is 0.593 e. The Bertz CT molecular complexity index is 1260. The Morgan fingerprint density at radius 3 is 2.58 bits per heavy atom. The molecular formula is C22H22N6O2S. The monoisotopic (exact) mass is 434 g/mol. The van der Waals surface area contributed by atoms with Crippen LogP contribution in [0.4, 0.5) is 5.82 Å². The Morgan fingerprint density at radius 1 is 1.03 bits per heavy atom. The van der Waals surface area contributed by atoms with Crippen LogP contribution in [0.3, 0.4) is 0 Å². The summed E-state index contributed by atoms with van der Waals surface area (Å²) in [7, 11) is -3.56. The van der Waals surface area contributed by atoms with Crippen molar-refractivity contribution in [2.24, 2.45) is 0 Å². The molecule has 2 unspecified atom stereocenters. The van der Waals surface area contributed by atoms with E-state index in [0.717, 1.165) is 16.9 Å². The summed E-state index contributed by atoms with van der Waals surface area (Å²) in [6.45, 7) is 3.19. The molecule has 2 atom stereocenters. The molecule has 1 saturated heterocycles. The molecule has 2 aromatic carbocycles. The summed E-state index contributed by atoms with van der Waals surface area (Å²) in [6.07, 6.45) is 0.707. The number of anilines is 1. The van der Waals surface area contributed by atoms with Crippen LogP contribution in [0.5, 0.6) is 0 Å². The molecule has 0 saturated carbocycles. The minimum atomic E-state index is -3.56. The van der Waals surface area contributed by atoms with E-state index >= 15 is 0 Å². The molecule has 9 heteroatoms. The van der Waals surface area contributed by atoms with E-state index < -0.39 is 10.4 Å². The van der Waals surface area contributed by atoms with Gasteiger partial charge in [0.25, 0.3) is 0 Å². The Kier molecular flexibility index (Phi) is 5.01. The number of benzene rings is 2. The third-order valence-corrected chi connectivity index (χ3v) is 6.98. The minimum Gasteiger partial charge on any atom is -0.593 e. The van der Waals surface area contributed by atoms with Gasteiger partial charge in [0.15, 0.2) is 26.8 Å². The number of aryl methyl sites for hydroxylation is 1. The van der Waals surface area contributed by atoms with Crippen molar-refractivity contribution in [3.8, 4) is 11.4 Å². The molecule has 0 amide bonds. The Balaban J connectivity index is 1.35. The molecule has 1 fully saturated rings. The van der Waals surface area contributed by atoms with E-state index in [4.69, 9.17) is 5.10 Å². The molecule has 4 aromatic rings. The van der Waals surface area contributed by atoms with Gasteiger partial charge in [-0.3, -0.25) is 0 Å². The number of sulfonamides is 1. The topological polar surface area (TPSA) is 98.5 Å². The van der Waals surface area contributed by atoms with Gasteiger partial charge in [-0.2, -0.15) is 4.52 Å². The Hall–Kier alpha value is -3.14. The van der Waals surface area contributed by atoms with Crippen LogP contribution in [0, 0.1) is 6.92 Å². The van der Waals surface area contributed by atoms with E-state index in [1.165, 1.54) is 0 Å². The molecular weight excluding hydrogens is 412 g/mol. The van der Waals surface area contributed by atoms with Crippen LogP contribution < -0.4 is 9.62 Å². The van der Waals surface area contributed by atoms with E-state index in [1.807, 2.05) is 49.4 Å². The van der Waals surface area contributed by atoms with Crippen LogP contribution in [0.25, 0.3) is 17.0 Å². The van der Waals surface area contributed by atoms with Crippen molar-refractivity contribution >= 4 is 21.9 Å². The molecule has 0 aliphatic carbocycles. The quantitative estimate of drug-likeness (QED) is 0.485. The molecule has 2 aromatic heterocycles. The summed E-state index contributed by atoms with van der Waals surface area (Å²) in [4.78, 5) is 2.37. The molecule has 158 valence electrons. The van der Waals surface area contributed by atoms with Crippen molar-refractivity contribution < 1.29 is 8.76 Å². The highest BCUT2D eigenvalue weighted by Gasteiger charge is 2.31. The van der Waals surface area contributed by atoms with Crippen molar-refractivity contribution in [2.45, 2.75) is 24.3 Å². The van der Waals surface area contributed by atoms with Gasteiger partial charge in [0.05, 0.1) is 6.04 Å². The van der Waals surface area contributed by atoms with Crippen LogP contribution in [0.2, 0.25) is 0 Å². The highest BCUT2D eigenvalue weighted by Crippen LogP contribution is 2.23. The first-order chi connectivity index (χ1) is 15.0. The SMILES string of the molecule is Cc1ccc([S+](=O)([O-])NC2CCN(c3ccc4nnc(-c5ccccc5)n4n3)C2)cc1. The molecule has 0 spiro atoms. The number of aromatic nitrogens is 4. The van der Waals surface area contributed by atoms with Gasteiger partial charge in [0.1, 0.15) is 5.82 Å². The van der Waals surface area contributed by atoms with E-state index in [-0.39, 0.29) is 10.9 Å². The molecule has 31 heavy (non-hydrogen) atoms. The maximum absolute atomic E-state index is 12.7. The number of rotatable bonds is 5. The average Bonchev–Trinajstić information content (AvgIpc) is 3.41. The third kappa shape index (κ3) is 3.95. The van der Waals surface area contributed by atoms with E-state index in [9.17, 15) is 8.76 Å². The summed E-state index contributed by atoms with van der Waals surface area (Å²) in [5, 5.41) is 13.2. The predicted molar refractivity (Wildman–Crippen MR) is 118 cm³/mol. The highest BCUT2D eigenvalue weighted by molar-refractivity contribution is 7.95. The van der Waals surface area contributed by atoms with Crippen LogP contribution in [-0.2, 0) is 14.6 Å². The van der Waals surface area contributed by atoms with Crippen molar-refractivity contribution in [3.63, 3.8) is 0 Å². The van der Waals surface area contributed by atoms with Gasteiger partial charge >= 0.3 is 0 Å². The van der Waals surface area contributed by atoms with Gasteiger partial charge in [-0.1, -0.05) is 52.2 Å². The van der Waals surface area contributed by atoms with Crippen molar-refractivity contribution in [3.05, 3.63) is 72.3 Å². The molecule has 5 rings (SSSR count). The number of hydrogen-bond donors (Lipinski definition) is 1. The molecule has 0 bridgehead atoms. The maximum Gasteiger partial charge on any atom is 0.185 e. The lowest BCUT2D eigenvalue weighted by Crippen LogP contribution is -2.41. The molecule has 3 heterocycles. The first kappa shape index (κ1) is 19.8. The molecule has 0 radical (unpaired) electrons. The summed E-state index contributed by atoms with van der Waals surface area (Å²) in [5.74, 6) is 1.44. The Morgan fingerprint density at radius 2 is 1.81 bits per heavy atom. The zero-order chi connectivity index (χ0) is 21.4. The fraction of sp³-hybridized carbons (Fsp3) is 0.227. The minimum absolute atomic E-state index is 0.182. The summed E-state index contributed by atoms with van der Waals surface area (Å²) in [6, 6.07) is 20.3. The fourth-order valence-corrected chi connectivity index (χ4v) is 5.05. The first-order valence-corrected chi connectivity index (χ1v) is 11.6. The summed E-state index contributed by atoms with van der Waals surface area (Å²) < 4.78 is 30.0. The summed E-state index contributed by atoms with van der Waals surface area (Å²) in [5.41, 5.74) is 2.62. The lowest BCUT2D eigenvalue weighted by molar-refractivity contribution is 0.453. The van der Waals surface area contributed by atoms with Gasteiger partial charge in [0, 0.05) is 18.7 Å². The molecule has 1 aliphatic rings. The molecule has 1 aliphatic heterocycles. The number of hydrogen-bond acceptors (Lipinski definition) is 6. The second kappa shape index (κ2) is 7.84. The normalized spacial score (nSPS) is 18.4. The van der Waals surface area contributed by atoms with Gasteiger partial charge in [-0.05, 0) is 37.6 Å². The standard InChI is InChI=1S/C22H22N6O2S/c1-16-7-9-19(10-8-16)31(29,30)26-18-13-14-27(15-18)21-12-11-20-23-24-22(28(20)25-21)17-5-3-2-4-6-17/h2-12,18H,13-15H2,1H3,(H-,26,29,30). The fourth-order valence-electron chi connectivity index (χ4n) is 3.78. The number of fused-ring (bicyclic) bond motifs is 1. The number of nitrogens with one attached hydrogen (secondary N) is 1. The van der Waals surface area contributed by atoms with E-state index in [2.05, 4.69) is 19.8 Å². The third-order valence-electron chi connectivity index (χ3n) is 5.45. The second-order valence-corrected chi connectivity index (χ2v) is 9.43. The van der Waals surface area contributed by atoms with Gasteiger partial charge in [0.2, 0.25) is 0 Å². The van der Waals surface area contributed by atoms with Crippen LogP contribution in [0.15, 0.2) is 71.6 Å². The second-order valence-electron chi connectivity index (χ2n) is 7.72. The van der Waals surface area contributed by atoms with Crippen LogP contribution >= 0.6 is 0 Å².